The van der Waals surface area contributed by atoms with Crippen molar-refractivity contribution < 1.29 is 8.78 Å². The summed E-state index contributed by atoms with van der Waals surface area (Å²) in [5, 5.41) is 0. The van der Waals surface area contributed by atoms with E-state index in [0.29, 0.717) is 0 Å². The lowest BCUT2D eigenvalue weighted by atomic mass is 10.0. The van der Waals surface area contributed by atoms with Crippen LogP contribution in [0.3, 0.4) is 0 Å². The second kappa shape index (κ2) is 4.01. The molecule has 2 N–H and O–H groups in total. The van der Waals surface area contributed by atoms with Crippen LogP contribution in [-0.4, -0.2) is 12.0 Å². The Bertz CT molecular complexity index is 69.8. The molecule has 0 aliphatic rings. The van der Waals surface area contributed by atoms with Crippen molar-refractivity contribution in [3.05, 3.63) is 0 Å². The normalized spacial score (nSPS) is 11.3. The minimum atomic E-state index is -2.28. The van der Waals surface area contributed by atoms with Gasteiger partial charge in [-0.05, 0) is 13.8 Å². The summed E-state index contributed by atoms with van der Waals surface area (Å²) in [5.74, 6) is 0. The fraction of sp³-hybridized carbons (Fsp3) is 1.00. The Labute approximate surface area is 60.0 Å². The average Bonchev–Trinajstić information content (AvgIpc) is 1.21. The molecule has 0 saturated heterocycles. The monoisotopic (exact) mass is 159 g/mol. The molecule has 0 aromatic rings. The molecule has 0 atom stereocenters. The van der Waals surface area contributed by atoms with E-state index in [4.69, 9.17) is 5.73 Å². The first kappa shape index (κ1) is 11.9. The summed E-state index contributed by atoms with van der Waals surface area (Å²) < 4.78 is 22.9. The van der Waals surface area contributed by atoms with Gasteiger partial charge in [-0.15, -0.1) is 12.4 Å². The van der Waals surface area contributed by atoms with E-state index in [1.54, 1.807) is 13.8 Å². The van der Waals surface area contributed by atoms with Crippen molar-refractivity contribution in [1.29, 1.82) is 0 Å². The Morgan fingerprint density at radius 2 is 1.78 bits per heavy atom. The first-order chi connectivity index (χ1) is 3.42. The first-order valence-corrected chi connectivity index (χ1v) is 2.49. The summed E-state index contributed by atoms with van der Waals surface area (Å²) in [5.41, 5.74) is 4.53. The molecule has 9 heavy (non-hydrogen) atoms. The van der Waals surface area contributed by atoms with Crippen LogP contribution in [0, 0.1) is 0 Å². The maximum Gasteiger partial charge on any atom is 0.240 e. The van der Waals surface area contributed by atoms with Crippen LogP contribution in [0.2, 0.25) is 0 Å². The van der Waals surface area contributed by atoms with Gasteiger partial charge < -0.3 is 5.73 Å². The van der Waals surface area contributed by atoms with Crippen LogP contribution >= 0.6 is 12.4 Å². The Balaban J connectivity index is 0. The second-order valence-corrected chi connectivity index (χ2v) is 2.58. The van der Waals surface area contributed by atoms with E-state index < -0.39 is 12.0 Å². The van der Waals surface area contributed by atoms with E-state index in [9.17, 15) is 8.78 Å². The third-order valence-corrected chi connectivity index (χ3v) is 0.680. The topological polar surface area (TPSA) is 26.0 Å². The van der Waals surface area contributed by atoms with Crippen LogP contribution in [0.15, 0.2) is 0 Å². The molecule has 1 nitrogen and oxygen atoms in total. The zero-order valence-corrected chi connectivity index (χ0v) is 6.34. The Morgan fingerprint density at radius 1 is 1.44 bits per heavy atom. The SMILES string of the molecule is CC(C)(N)CC(F)F.Cl. The zero-order chi connectivity index (χ0) is 6.78. The predicted molar refractivity (Wildman–Crippen MR) is 36.1 cm³/mol. The maximum absolute atomic E-state index is 11.5. The lowest BCUT2D eigenvalue weighted by Crippen LogP contribution is -2.33. The Morgan fingerprint density at radius 3 is 1.78 bits per heavy atom. The number of hydrogen-bond donors (Lipinski definition) is 1. The summed E-state index contributed by atoms with van der Waals surface area (Å²) in [6.45, 7) is 3.16. The third-order valence-electron chi connectivity index (χ3n) is 0.680. The first-order valence-electron chi connectivity index (χ1n) is 2.49. The molecule has 0 aromatic heterocycles. The minimum absolute atomic E-state index is 0. The molecule has 0 radical (unpaired) electrons. The van der Waals surface area contributed by atoms with Gasteiger partial charge in [0.25, 0.3) is 0 Å². The lowest BCUT2D eigenvalue weighted by Gasteiger charge is -2.16. The number of halogens is 3. The third kappa shape index (κ3) is 11.6. The van der Waals surface area contributed by atoms with Gasteiger partial charge in [-0.2, -0.15) is 0 Å². The molecule has 0 bridgehead atoms. The van der Waals surface area contributed by atoms with Crippen LogP contribution in [0.25, 0.3) is 0 Å². The number of alkyl halides is 2. The molecular weight excluding hydrogens is 148 g/mol. The molecule has 0 saturated carbocycles. The molecular formula is C5H12ClF2N. The smallest absolute Gasteiger partial charge is 0.240 e. The summed E-state index contributed by atoms with van der Waals surface area (Å²) in [7, 11) is 0. The lowest BCUT2D eigenvalue weighted by molar-refractivity contribution is 0.113. The van der Waals surface area contributed by atoms with Crippen LogP contribution < -0.4 is 5.73 Å². The highest BCUT2D eigenvalue weighted by Gasteiger charge is 2.16. The van der Waals surface area contributed by atoms with Crippen molar-refractivity contribution in [2.24, 2.45) is 5.73 Å². The van der Waals surface area contributed by atoms with Gasteiger partial charge in [0.1, 0.15) is 0 Å². The van der Waals surface area contributed by atoms with Crippen LogP contribution in [0.1, 0.15) is 20.3 Å². The molecule has 0 heterocycles. The maximum atomic E-state index is 11.5. The van der Waals surface area contributed by atoms with E-state index in [2.05, 4.69) is 0 Å². The van der Waals surface area contributed by atoms with Crippen LogP contribution in [0.4, 0.5) is 8.78 Å². The van der Waals surface area contributed by atoms with E-state index in [-0.39, 0.29) is 18.8 Å². The van der Waals surface area contributed by atoms with Gasteiger partial charge in [0.2, 0.25) is 6.43 Å². The van der Waals surface area contributed by atoms with Gasteiger partial charge in [0.05, 0.1) is 0 Å². The largest absolute Gasteiger partial charge is 0.325 e. The van der Waals surface area contributed by atoms with Gasteiger partial charge in [-0.25, -0.2) is 8.78 Å². The van der Waals surface area contributed by atoms with Gasteiger partial charge in [-0.1, -0.05) is 0 Å². The van der Waals surface area contributed by atoms with Gasteiger partial charge in [0, 0.05) is 12.0 Å². The summed E-state index contributed by atoms with van der Waals surface area (Å²) in [6.07, 6.45) is -2.51. The fourth-order valence-electron chi connectivity index (χ4n) is 0.398. The van der Waals surface area contributed by atoms with Crippen molar-refractivity contribution in [3.63, 3.8) is 0 Å². The quantitative estimate of drug-likeness (QED) is 0.654. The molecule has 0 aliphatic carbocycles. The summed E-state index contributed by atoms with van der Waals surface area (Å²) in [6, 6.07) is 0. The molecule has 0 aliphatic heterocycles. The van der Waals surface area contributed by atoms with E-state index in [1.807, 2.05) is 0 Å². The highest BCUT2D eigenvalue weighted by Crippen LogP contribution is 2.10. The van der Waals surface area contributed by atoms with Gasteiger partial charge in [0.15, 0.2) is 0 Å². The Hall–Kier alpha value is 0.110. The highest BCUT2D eigenvalue weighted by atomic mass is 35.5. The van der Waals surface area contributed by atoms with Gasteiger partial charge in [-0.3, -0.25) is 0 Å². The Kier molecular flexibility index (Phi) is 5.28. The summed E-state index contributed by atoms with van der Waals surface area (Å²) >= 11 is 0. The predicted octanol–water partition coefficient (Wildman–Crippen LogP) is 1.80. The molecule has 0 unspecified atom stereocenters. The molecule has 4 heteroatoms. The number of hydrogen-bond acceptors (Lipinski definition) is 1. The molecule has 0 rings (SSSR count). The van der Waals surface area contributed by atoms with E-state index in [1.165, 1.54) is 0 Å². The molecule has 58 valence electrons. The summed E-state index contributed by atoms with van der Waals surface area (Å²) in [4.78, 5) is 0. The van der Waals surface area contributed by atoms with E-state index >= 15 is 0 Å². The molecule has 0 amide bonds. The van der Waals surface area contributed by atoms with Crippen molar-refractivity contribution in [2.45, 2.75) is 32.2 Å². The average molecular weight is 160 g/mol. The standard InChI is InChI=1S/C5H11F2N.ClH/c1-5(2,8)3-4(6)7;/h4H,3,8H2,1-2H3;1H. The van der Waals surface area contributed by atoms with E-state index in [0.717, 1.165) is 0 Å². The van der Waals surface area contributed by atoms with Crippen molar-refractivity contribution >= 4 is 12.4 Å². The molecule has 0 fully saturated rings. The van der Waals surface area contributed by atoms with Gasteiger partial charge >= 0.3 is 0 Å². The fourth-order valence-corrected chi connectivity index (χ4v) is 0.398. The molecule has 0 aromatic carbocycles. The minimum Gasteiger partial charge on any atom is -0.325 e. The van der Waals surface area contributed by atoms with Crippen molar-refractivity contribution in [3.8, 4) is 0 Å². The van der Waals surface area contributed by atoms with Crippen LogP contribution in [0.5, 0.6) is 0 Å². The van der Waals surface area contributed by atoms with Crippen molar-refractivity contribution in [1.82, 2.24) is 0 Å². The van der Waals surface area contributed by atoms with Crippen molar-refractivity contribution in [2.75, 3.05) is 0 Å². The number of nitrogens with two attached hydrogens (primary N) is 1. The zero-order valence-electron chi connectivity index (χ0n) is 5.53. The molecule has 0 spiro atoms. The highest BCUT2D eigenvalue weighted by molar-refractivity contribution is 5.85. The second-order valence-electron chi connectivity index (χ2n) is 2.58. The number of rotatable bonds is 2. The van der Waals surface area contributed by atoms with Crippen LogP contribution in [-0.2, 0) is 0 Å².